The molecule has 2 heterocycles. The monoisotopic (exact) mass is 616 g/mol. The highest BCUT2D eigenvalue weighted by atomic mass is 32.2. The van der Waals surface area contributed by atoms with Crippen LogP contribution in [0.4, 0.5) is 22.7 Å². The summed E-state index contributed by atoms with van der Waals surface area (Å²) in [6.45, 7) is 13.7. The maximum Gasteiger partial charge on any atom is 0.269 e. The molecule has 4 aromatic rings. The summed E-state index contributed by atoms with van der Waals surface area (Å²) < 4.78 is 6.18. The first-order valence-electron chi connectivity index (χ1n) is 15.2. The van der Waals surface area contributed by atoms with Crippen molar-refractivity contribution in [1.29, 1.82) is 5.26 Å². The summed E-state index contributed by atoms with van der Waals surface area (Å²) in [5, 5.41) is 9.57. The molecule has 0 aromatic heterocycles. The van der Waals surface area contributed by atoms with Crippen molar-refractivity contribution < 1.29 is 4.74 Å². The van der Waals surface area contributed by atoms with Gasteiger partial charge < -0.3 is 14.5 Å². The minimum atomic E-state index is 0.0216. The minimum absolute atomic E-state index is 0.0216. The molecule has 0 aliphatic carbocycles. The maximum atomic E-state index is 9.57. The first-order valence-corrected chi connectivity index (χ1v) is 16.0. The summed E-state index contributed by atoms with van der Waals surface area (Å²) in [5.41, 5.74) is 7.16. The summed E-state index contributed by atoms with van der Waals surface area (Å²) in [5.74, 6) is 1.10. The average Bonchev–Trinajstić information content (AvgIpc) is 3.10. The number of ether oxygens (including phenoxy) is 1. The largest absolute Gasteiger partial charge is 0.457 e. The lowest BCUT2D eigenvalue weighted by Crippen LogP contribution is -2.21. The number of rotatable bonds is 8. The summed E-state index contributed by atoms with van der Waals surface area (Å²) in [7, 11) is 0. The quantitative estimate of drug-likeness (QED) is 0.128. The van der Waals surface area contributed by atoms with Crippen LogP contribution in [0.15, 0.2) is 154 Å². The number of benzene rings is 4. The smallest absolute Gasteiger partial charge is 0.269 e. The van der Waals surface area contributed by atoms with Crippen molar-refractivity contribution in [2.45, 2.75) is 23.6 Å². The highest BCUT2D eigenvalue weighted by molar-refractivity contribution is 7.99. The molecule has 0 spiro atoms. The van der Waals surface area contributed by atoms with Crippen LogP contribution in [-0.4, -0.2) is 13.1 Å². The molecule has 6 rings (SSSR count). The van der Waals surface area contributed by atoms with E-state index in [9.17, 15) is 5.26 Å². The average molecular weight is 617 g/mol. The molecular weight excluding hydrogens is 585 g/mol. The van der Waals surface area contributed by atoms with Crippen molar-refractivity contribution in [1.82, 2.24) is 0 Å². The number of para-hydroxylation sites is 2. The maximum absolute atomic E-state index is 9.57. The Kier molecular flexibility index (Phi) is 9.20. The third kappa shape index (κ3) is 6.54. The Hall–Kier alpha value is -5.69. The van der Waals surface area contributed by atoms with Crippen LogP contribution < -0.4 is 9.80 Å². The fraction of sp³-hybridized carbons (Fsp3) is 0.100. The topological polar surface area (TPSA) is 43.9 Å². The highest BCUT2D eigenvalue weighted by Crippen LogP contribution is 2.51. The van der Waals surface area contributed by atoms with E-state index in [-0.39, 0.29) is 5.70 Å². The van der Waals surface area contributed by atoms with Crippen molar-refractivity contribution in [2.24, 2.45) is 0 Å². The zero-order valence-corrected chi connectivity index (χ0v) is 26.5. The molecule has 0 unspecified atom stereocenters. The second kappa shape index (κ2) is 13.9. The van der Waals surface area contributed by atoms with Crippen LogP contribution in [0.1, 0.15) is 25.0 Å². The van der Waals surface area contributed by atoms with Crippen LogP contribution in [0.5, 0.6) is 0 Å². The van der Waals surface area contributed by atoms with E-state index < -0.39 is 0 Å². The van der Waals surface area contributed by atoms with Gasteiger partial charge in [-0.3, -0.25) is 0 Å². The molecule has 0 radical (unpaired) electrons. The van der Waals surface area contributed by atoms with Crippen LogP contribution in [-0.2, 0) is 4.74 Å². The van der Waals surface area contributed by atoms with Gasteiger partial charge in [-0.2, -0.15) is 0 Å². The van der Waals surface area contributed by atoms with E-state index >= 15 is 0 Å². The fourth-order valence-electron chi connectivity index (χ4n) is 5.46. The summed E-state index contributed by atoms with van der Waals surface area (Å²) in [4.78, 5) is 10.5. The molecule has 2 aliphatic rings. The van der Waals surface area contributed by atoms with Gasteiger partial charge in [0.25, 0.3) is 5.70 Å². The Bertz CT molecular complexity index is 1920. The zero-order valence-electron chi connectivity index (χ0n) is 25.7. The van der Waals surface area contributed by atoms with Crippen molar-refractivity contribution in [2.75, 3.05) is 22.9 Å². The van der Waals surface area contributed by atoms with E-state index in [4.69, 9.17) is 11.3 Å². The Labute approximate surface area is 275 Å². The lowest BCUT2D eigenvalue weighted by atomic mass is 10.1. The van der Waals surface area contributed by atoms with Gasteiger partial charge in [-0.15, -0.1) is 0 Å². The lowest BCUT2D eigenvalue weighted by Gasteiger charge is -2.32. The van der Waals surface area contributed by atoms with Gasteiger partial charge in [0, 0.05) is 34.3 Å². The molecule has 0 atom stereocenters. The van der Waals surface area contributed by atoms with Gasteiger partial charge in [-0.05, 0) is 103 Å². The third-order valence-corrected chi connectivity index (χ3v) is 8.94. The normalized spacial score (nSPS) is 14.8. The molecule has 0 saturated heterocycles. The van der Waals surface area contributed by atoms with Crippen molar-refractivity contribution in [3.05, 3.63) is 167 Å². The number of fused-ring (bicyclic) bond motifs is 2. The molecule has 0 N–H and O–H groups in total. The van der Waals surface area contributed by atoms with Crippen LogP contribution in [0.3, 0.4) is 0 Å². The molecular formula is C40H32N4OS. The number of hydrogen-bond acceptors (Lipinski definition) is 5. The van der Waals surface area contributed by atoms with Crippen LogP contribution in [0.25, 0.3) is 17.0 Å². The van der Waals surface area contributed by atoms with E-state index in [0.29, 0.717) is 17.1 Å². The van der Waals surface area contributed by atoms with Crippen molar-refractivity contribution in [3.63, 3.8) is 0 Å². The Balaban J connectivity index is 1.22. The molecule has 0 saturated carbocycles. The number of hydrogen-bond donors (Lipinski definition) is 0. The number of anilines is 4. The summed E-state index contributed by atoms with van der Waals surface area (Å²) in [6.07, 6.45) is 11.2. The van der Waals surface area contributed by atoms with Gasteiger partial charge in [0.15, 0.2) is 0 Å². The first kappa shape index (κ1) is 30.3. The molecule has 2 aliphatic heterocycles. The summed E-state index contributed by atoms with van der Waals surface area (Å²) >= 11 is 1.79. The van der Waals surface area contributed by atoms with Crippen molar-refractivity contribution in [3.8, 4) is 6.07 Å². The van der Waals surface area contributed by atoms with Gasteiger partial charge in [-0.1, -0.05) is 72.4 Å². The van der Waals surface area contributed by atoms with E-state index in [1.165, 1.54) is 15.5 Å². The van der Waals surface area contributed by atoms with E-state index in [1.54, 1.807) is 23.9 Å². The number of nitriles is 1. The standard InChI is InChI=1S/C40H32N4OS/c1-4-43(5-2)32-20-14-29(15-21-32)18-24-34-26-31(36(28-41)42-3)27-35(45-34)25-19-30-16-22-33(23-17-30)44-37-10-6-8-12-39(37)46-40-13-9-7-11-38(40)44/h6-27H,4-5H2,1-2H3/b24-18+,25-19+,36-31+. The number of allylic oxidation sites excluding steroid dienone is 6. The molecule has 6 heteroatoms. The summed E-state index contributed by atoms with van der Waals surface area (Å²) in [6, 6.07) is 35.7. The predicted molar refractivity (Wildman–Crippen MR) is 190 cm³/mol. The molecule has 0 amide bonds. The fourth-order valence-corrected chi connectivity index (χ4v) is 6.52. The first-order chi connectivity index (χ1) is 22.6. The SMILES string of the molecule is [C-]#[N+]/C(C#N)=C1C=C(/C=C/c2ccc(N(CC)CC)cc2)OC(/C=C/c2ccc(N3c4ccccc4Sc4ccccc43)cc2)=C\1. The van der Waals surface area contributed by atoms with E-state index in [2.05, 4.69) is 126 Å². The number of nitrogens with zero attached hydrogens (tertiary/aromatic N) is 4. The second-order valence-corrected chi connectivity index (χ2v) is 11.7. The molecule has 0 bridgehead atoms. The molecule has 224 valence electrons. The van der Waals surface area contributed by atoms with Crippen LogP contribution in [0.2, 0.25) is 0 Å². The van der Waals surface area contributed by atoms with Crippen LogP contribution >= 0.6 is 11.8 Å². The van der Waals surface area contributed by atoms with Gasteiger partial charge >= 0.3 is 0 Å². The minimum Gasteiger partial charge on any atom is -0.457 e. The van der Waals surface area contributed by atoms with Gasteiger partial charge in [0.2, 0.25) is 0 Å². The van der Waals surface area contributed by atoms with Gasteiger partial charge in [-0.25, -0.2) is 10.1 Å². The zero-order chi connectivity index (χ0) is 31.9. The Morgan fingerprint density at radius 1 is 0.783 bits per heavy atom. The van der Waals surface area contributed by atoms with Crippen LogP contribution in [0, 0.1) is 17.9 Å². The molecule has 5 nitrogen and oxygen atoms in total. The second-order valence-electron chi connectivity index (χ2n) is 10.6. The molecule has 46 heavy (non-hydrogen) atoms. The molecule has 4 aromatic carbocycles. The molecule has 0 fully saturated rings. The Morgan fingerprint density at radius 2 is 1.30 bits per heavy atom. The highest BCUT2D eigenvalue weighted by Gasteiger charge is 2.24. The Morgan fingerprint density at radius 3 is 1.80 bits per heavy atom. The van der Waals surface area contributed by atoms with E-state index in [1.807, 2.05) is 30.4 Å². The van der Waals surface area contributed by atoms with E-state index in [0.717, 1.165) is 41.3 Å². The predicted octanol–water partition coefficient (Wildman–Crippen LogP) is 10.7. The van der Waals surface area contributed by atoms with Gasteiger partial charge in [0.05, 0.1) is 24.0 Å². The third-order valence-electron chi connectivity index (χ3n) is 7.81. The van der Waals surface area contributed by atoms with Crippen molar-refractivity contribution >= 4 is 46.7 Å². The lowest BCUT2D eigenvalue weighted by molar-refractivity contribution is 0.332. The van der Waals surface area contributed by atoms with Gasteiger partial charge in [0.1, 0.15) is 11.5 Å².